The van der Waals surface area contributed by atoms with Gasteiger partial charge in [0.15, 0.2) is 5.78 Å². The van der Waals surface area contributed by atoms with Crippen molar-refractivity contribution in [3.8, 4) is 0 Å². The zero-order chi connectivity index (χ0) is 8.43. The predicted octanol–water partition coefficient (Wildman–Crippen LogP) is 2.19. The van der Waals surface area contributed by atoms with Crippen molar-refractivity contribution in [2.45, 2.75) is 6.92 Å². The Kier molecular flexibility index (Phi) is 2.34. The van der Waals surface area contributed by atoms with Crippen molar-refractivity contribution in [2.75, 3.05) is 0 Å². The summed E-state index contributed by atoms with van der Waals surface area (Å²) in [5, 5.41) is 0. The molecule has 1 aromatic heterocycles. The number of carbonyl (C=O) groups excluding carboxylic acids is 1. The van der Waals surface area contributed by atoms with Crippen molar-refractivity contribution in [3.63, 3.8) is 0 Å². The van der Waals surface area contributed by atoms with Crippen LogP contribution in [0.25, 0.3) is 0 Å². The first-order valence-corrected chi connectivity index (χ1v) is 3.73. The number of hydrogen-bond acceptors (Lipinski definition) is 2. The molecule has 0 spiro atoms. The normalized spacial score (nSPS) is 9.73. The molecule has 0 amide bonds. The molecule has 4 heteroatoms. The first-order chi connectivity index (χ1) is 5.13. The highest BCUT2D eigenvalue weighted by atomic mass is 79.9. The Morgan fingerprint density at radius 1 is 1.73 bits per heavy atom. The summed E-state index contributed by atoms with van der Waals surface area (Å²) in [6.45, 7) is 1.30. The molecule has 0 unspecified atom stereocenters. The standard InChI is InChI=1S/C7H5BrFNO/c1-4(11)6-5(9)2-3-10-7(6)8/h2-3H,1H3. The van der Waals surface area contributed by atoms with Gasteiger partial charge in [0.05, 0.1) is 5.56 Å². The fourth-order valence-corrected chi connectivity index (χ4v) is 1.31. The number of aromatic nitrogens is 1. The molecule has 0 aliphatic carbocycles. The van der Waals surface area contributed by atoms with Gasteiger partial charge in [0, 0.05) is 6.20 Å². The highest BCUT2D eigenvalue weighted by Gasteiger charge is 2.11. The second-order valence-electron chi connectivity index (χ2n) is 2.01. The molecule has 0 fully saturated rings. The van der Waals surface area contributed by atoms with Gasteiger partial charge in [-0.25, -0.2) is 9.37 Å². The second kappa shape index (κ2) is 3.09. The van der Waals surface area contributed by atoms with Crippen molar-refractivity contribution >= 4 is 21.7 Å². The summed E-state index contributed by atoms with van der Waals surface area (Å²) in [5.74, 6) is -0.873. The van der Waals surface area contributed by atoms with Crippen LogP contribution in [-0.2, 0) is 0 Å². The lowest BCUT2D eigenvalue weighted by molar-refractivity contribution is 0.101. The van der Waals surface area contributed by atoms with Gasteiger partial charge in [-0.05, 0) is 28.9 Å². The summed E-state index contributed by atoms with van der Waals surface area (Å²) in [6.07, 6.45) is 1.30. The number of carbonyl (C=O) groups is 1. The van der Waals surface area contributed by atoms with Gasteiger partial charge in [-0.15, -0.1) is 0 Å². The van der Waals surface area contributed by atoms with Crippen LogP contribution >= 0.6 is 15.9 Å². The molecular formula is C7H5BrFNO. The lowest BCUT2D eigenvalue weighted by Gasteiger charge is -1.98. The Hall–Kier alpha value is -0.770. The van der Waals surface area contributed by atoms with Crippen LogP contribution in [0, 0.1) is 5.82 Å². The molecule has 0 saturated carbocycles. The van der Waals surface area contributed by atoms with E-state index in [0.717, 1.165) is 6.07 Å². The third-order valence-corrected chi connectivity index (χ3v) is 1.81. The SMILES string of the molecule is CC(=O)c1c(F)ccnc1Br. The van der Waals surface area contributed by atoms with Gasteiger partial charge in [-0.2, -0.15) is 0 Å². The quantitative estimate of drug-likeness (QED) is 0.534. The first-order valence-electron chi connectivity index (χ1n) is 2.94. The van der Waals surface area contributed by atoms with E-state index in [4.69, 9.17) is 0 Å². The number of Topliss-reactive ketones (excluding diaryl/α,β-unsaturated/α-hetero) is 1. The second-order valence-corrected chi connectivity index (χ2v) is 2.77. The smallest absolute Gasteiger partial charge is 0.165 e. The van der Waals surface area contributed by atoms with E-state index in [1.807, 2.05) is 0 Å². The Morgan fingerprint density at radius 3 is 2.73 bits per heavy atom. The number of rotatable bonds is 1. The molecule has 0 aliphatic rings. The monoisotopic (exact) mass is 217 g/mol. The molecule has 0 aromatic carbocycles. The Morgan fingerprint density at radius 2 is 2.36 bits per heavy atom. The van der Waals surface area contributed by atoms with Crippen LogP contribution in [0.4, 0.5) is 4.39 Å². The molecule has 2 nitrogen and oxygen atoms in total. The van der Waals surface area contributed by atoms with E-state index < -0.39 is 5.82 Å². The Labute approximate surface area is 71.6 Å². The molecule has 1 aromatic rings. The molecule has 11 heavy (non-hydrogen) atoms. The number of ketones is 1. The maximum atomic E-state index is 12.8. The van der Waals surface area contributed by atoms with Crippen molar-refractivity contribution in [3.05, 3.63) is 28.2 Å². The lowest BCUT2D eigenvalue weighted by atomic mass is 10.2. The maximum Gasteiger partial charge on any atom is 0.165 e. The van der Waals surface area contributed by atoms with Gasteiger partial charge in [0.2, 0.25) is 0 Å². The lowest BCUT2D eigenvalue weighted by Crippen LogP contribution is -1.99. The molecule has 0 aliphatic heterocycles. The van der Waals surface area contributed by atoms with Crippen LogP contribution < -0.4 is 0 Å². The van der Waals surface area contributed by atoms with E-state index in [1.54, 1.807) is 0 Å². The van der Waals surface area contributed by atoms with Crippen LogP contribution in [-0.4, -0.2) is 10.8 Å². The number of hydrogen-bond donors (Lipinski definition) is 0. The summed E-state index contributed by atoms with van der Waals surface area (Å²) in [6, 6.07) is 1.15. The Bertz CT molecular complexity index is 280. The minimum Gasteiger partial charge on any atom is -0.294 e. The average molecular weight is 218 g/mol. The summed E-state index contributed by atoms with van der Waals surface area (Å²) >= 11 is 2.98. The van der Waals surface area contributed by atoms with Crippen molar-refractivity contribution in [1.29, 1.82) is 0 Å². The van der Waals surface area contributed by atoms with Crippen LogP contribution in [0.3, 0.4) is 0 Å². The Balaban J connectivity index is 3.32. The largest absolute Gasteiger partial charge is 0.294 e. The number of pyridine rings is 1. The zero-order valence-corrected chi connectivity index (χ0v) is 7.35. The van der Waals surface area contributed by atoms with Crippen LogP contribution in [0.5, 0.6) is 0 Å². The van der Waals surface area contributed by atoms with E-state index in [-0.39, 0.29) is 15.9 Å². The van der Waals surface area contributed by atoms with Crippen LogP contribution in [0.1, 0.15) is 17.3 Å². The van der Waals surface area contributed by atoms with Gasteiger partial charge in [-0.1, -0.05) is 0 Å². The fraction of sp³-hybridized carbons (Fsp3) is 0.143. The first kappa shape index (κ1) is 8.33. The minimum atomic E-state index is -0.542. The van der Waals surface area contributed by atoms with Crippen molar-refractivity contribution < 1.29 is 9.18 Å². The molecule has 1 rings (SSSR count). The third kappa shape index (κ3) is 1.63. The maximum absolute atomic E-state index is 12.8. The van der Waals surface area contributed by atoms with Crippen molar-refractivity contribution in [1.82, 2.24) is 4.98 Å². The topological polar surface area (TPSA) is 30.0 Å². The molecule has 0 atom stereocenters. The molecule has 0 N–H and O–H groups in total. The molecule has 0 bridgehead atoms. The molecule has 58 valence electrons. The fourth-order valence-electron chi connectivity index (χ4n) is 0.728. The molecular weight excluding hydrogens is 213 g/mol. The summed E-state index contributed by atoms with van der Waals surface area (Å²) < 4.78 is 13.1. The summed E-state index contributed by atoms with van der Waals surface area (Å²) in [7, 11) is 0. The molecule has 1 heterocycles. The van der Waals surface area contributed by atoms with E-state index in [1.165, 1.54) is 13.1 Å². The summed E-state index contributed by atoms with van der Waals surface area (Å²) in [4.78, 5) is 14.5. The van der Waals surface area contributed by atoms with E-state index in [9.17, 15) is 9.18 Å². The third-order valence-electron chi connectivity index (χ3n) is 1.21. The highest BCUT2D eigenvalue weighted by molar-refractivity contribution is 9.10. The number of nitrogens with zero attached hydrogens (tertiary/aromatic N) is 1. The van der Waals surface area contributed by atoms with E-state index in [2.05, 4.69) is 20.9 Å². The van der Waals surface area contributed by atoms with Gasteiger partial charge in [0.1, 0.15) is 10.4 Å². The van der Waals surface area contributed by atoms with Gasteiger partial charge < -0.3 is 0 Å². The minimum absolute atomic E-state index is 0.00694. The van der Waals surface area contributed by atoms with E-state index >= 15 is 0 Å². The van der Waals surface area contributed by atoms with Gasteiger partial charge in [-0.3, -0.25) is 4.79 Å². The van der Waals surface area contributed by atoms with Gasteiger partial charge in [0.25, 0.3) is 0 Å². The zero-order valence-electron chi connectivity index (χ0n) is 5.77. The number of halogens is 2. The van der Waals surface area contributed by atoms with Crippen molar-refractivity contribution in [2.24, 2.45) is 0 Å². The average Bonchev–Trinajstić information content (AvgIpc) is 1.85. The van der Waals surface area contributed by atoms with Crippen LogP contribution in [0.15, 0.2) is 16.9 Å². The van der Waals surface area contributed by atoms with Crippen LogP contribution in [0.2, 0.25) is 0 Å². The predicted molar refractivity (Wildman–Crippen MR) is 41.9 cm³/mol. The highest BCUT2D eigenvalue weighted by Crippen LogP contribution is 2.16. The van der Waals surface area contributed by atoms with Gasteiger partial charge >= 0.3 is 0 Å². The summed E-state index contributed by atoms with van der Waals surface area (Å²) in [5.41, 5.74) is 0.00694. The molecule has 0 saturated heterocycles. The van der Waals surface area contributed by atoms with E-state index in [0.29, 0.717) is 0 Å². The molecule has 0 radical (unpaired) electrons.